The van der Waals surface area contributed by atoms with Gasteiger partial charge in [-0.3, -0.25) is 9.59 Å². The first-order valence-electron chi connectivity index (χ1n) is 3.25. The molecule has 4 heteroatoms. The first-order chi connectivity index (χ1) is 4.70. The lowest BCUT2D eigenvalue weighted by molar-refractivity contribution is -0.126. The van der Waals surface area contributed by atoms with Gasteiger partial charge in [-0.1, -0.05) is 0 Å². The van der Waals surface area contributed by atoms with Crippen LogP contribution in [0, 0.1) is 0 Å². The lowest BCUT2D eigenvalue weighted by Crippen LogP contribution is -2.38. The second kappa shape index (κ2) is 2.68. The van der Waals surface area contributed by atoms with Crippen LogP contribution >= 0.6 is 0 Å². The standard InChI is InChI=1S/C6H10N2O2/c1-4(9)8-5-2-3-7-6(5)10/h5H,2-3H2,1H3,(H,7,10)(H,8,9)/t5-/m0/s1. The number of hydrogen-bond acceptors (Lipinski definition) is 2. The maximum absolute atomic E-state index is 10.8. The maximum Gasteiger partial charge on any atom is 0.242 e. The quantitative estimate of drug-likeness (QED) is 0.494. The Labute approximate surface area is 59.0 Å². The molecule has 1 aliphatic heterocycles. The monoisotopic (exact) mass is 142 g/mol. The highest BCUT2D eigenvalue weighted by molar-refractivity contribution is 5.88. The Hall–Kier alpha value is -1.06. The van der Waals surface area contributed by atoms with Gasteiger partial charge in [-0.05, 0) is 6.42 Å². The van der Waals surface area contributed by atoms with Crippen LogP contribution in [0.3, 0.4) is 0 Å². The van der Waals surface area contributed by atoms with Gasteiger partial charge in [0.05, 0.1) is 0 Å². The normalized spacial score (nSPS) is 24.1. The van der Waals surface area contributed by atoms with E-state index in [2.05, 4.69) is 10.6 Å². The van der Waals surface area contributed by atoms with Crippen LogP contribution in [0.1, 0.15) is 13.3 Å². The van der Waals surface area contributed by atoms with E-state index in [1.165, 1.54) is 6.92 Å². The molecule has 1 fully saturated rings. The van der Waals surface area contributed by atoms with E-state index in [-0.39, 0.29) is 17.9 Å². The van der Waals surface area contributed by atoms with Gasteiger partial charge in [0.25, 0.3) is 0 Å². The second-order valence-electron chi connectivity index (χ2n) is 2.33. The minimum Gasteiger partial charge on any atom is -0.354 e. The molecule has 2 amide bonds. The van der Waals surface area contributed by atoms with Crippen LogP contribution in [0.4, 0.5) is 0 Å². The topological polar surface area (TPSA) is 58.2 Å². The van der Waals surface area contributed by atoms with E-state index in [1.54, 1.807) is 0 Å². The molecule has 1 atom stereocenters. The zero-order valence-corrected chi connectivity index (χ0v) is 5.81. The highest BCUT2D eigenvalue weighted by atomic mass is 16.2. The molecule has 0 radical (unpaired) electrons. The van der Waals surface area contributed by atoms with Crippen molar-refractivity contribution in [3.05, 3.63) is 0 Å². The third-order valence-electron chi connectivity index (χ3n) is 1.43. The summed E-state index contributed by atoms with van der Waals surface area (Å²) in [7, 11) is 0. The number of carbonyl (C=O) groups excluding carboxylic acids is 2. The van der Waals surface area contributed by atoms with Gasteiger partial charge in [-0.2, -0.15) is 0 Å². The molecular formula is C6H10N2O2. The molecule has 1 heterocycles. The first kappa shape index (κ1) is 7.05. The van der Waals surface area contributed by atoms with Crippen molar-refractivity contribution in [3.63, 3.8) is 0 Å². The lowest BCUT2D eigenvalue weighted by atomic mass is 10.2. The summed E-state index contributed by atoms with van der Waals surface area (Å²) in [6, 6.07) is -0.294. The van der Waals surface area contributed by atoms with E-state index >= 15 is 0 Å². The molecule has 1 rings (SSSR count). The van der Waals surface area contributed by atoms with Gasteiger partial charge in [0.1, 0.15) is 6.04 Å². The number of nitrogens with one attached hydrogen (secondary N) is 2. The number of amides is 2. The Morgan fingerprint density at radius 2 is 2.50 bits per heavy atom. The van der Waals surface area contributed by atoms with Crippen molar-refractivity contribution in [3.8, 4) is 0 Å². The Bertz CT molecular complexity index is 167. The van der Waals surface area contributed by atoms with Crippen LogP contribution in [0.2, 0.25) is 0 Å². The SMILES string of the molecule is CC(=O)N[C@H]1CCNC1=O. The second-order valence-corrected chi connectivity index (χ2v) is 2.33. The van der Waals surface area contributed by atoms with Gasteiger partial charge >= 0.3 is 0 Å². The summed E-state index contributed by atoms with van der Waals surface area (Å²) in [5, 5.41) is 5.16. The maximum atomic E-state index is 10.8. The van der Waals surface area contributed by atoms with Gasteiger partial charge in [-0.25, -0.2) is 0 Å². The molecule has 0 aliphatic carbocycles. The Morgan fingerprint density at radius 1 is 1.80 bits per heavy atom. The molecule has 0 bridgehead atoms. The highest BCUT2D eigenvalue weighted by Crippen LogP contribution is 1.97. The minimum atomic E-state index is -0.294. The number of carbonyl (C=O) groups is 2. The van der Waals surface area contributed by atoms with Gasteiger partial charge in [0, 0.05) is 13.5 Å². The molecule has 4 nitrogen and oxygen atoms in total. The molecule has 0 aromatic rings. The average Bonchev–Trinajstić information content (AvgIpc) is 2.15. The largest absolute Gasteiger partial charge is 0.354 e. The van der Waals surface area contributed by atoms with Crippen molar-refractivity contribution in [1.29, 1.82) is 0 Å². The van der Waals surface area contributed by atoms with Crippen molar-refractivity contribution in [1.82, 2.24) is 10.6 Å². The van der Waals surface area contributed by atoms with Gasteiger partial charge in [-0.15, -0.1) is 0 Å². The lowest BCUT2D eigenvalue weighted by Gasteiger charge is -2.05. The third kappa shape index (κ3) is 1.46. The fraction of sp³-hybridized carbons (Fsp3) is 0.667. The zero-order chi connectivity index (χ0) is 7.56. The van der Waals surface area contributed by atoms with Crippen molar-refractivity contribution in [2.75, 3.05) is 6.54 Å². The molecule has 0 aromatic heterocycles. The van der Waals surface area contributed by atoms with E-state index in [0.717, 1.165) is 0 Å². The molecule has 0 unspecified atom stereocenters. The predicted molar refractivity (Wildman–Crippen MR) is 35.2 cm³/mol. The van der Waals surface area contributed by atoms with Crippen LogP contribution in [-0.2, 0) is 9.59 Å². The minimum absolute atomic E-state index is 0.0739. The highest BCUT2D eigenvalue weighted by Gasteiger charge is 2.23. The smallest absolute Gasteiger partial charge is 0.242 e. The van der Waals surface area contributed by atoms with E-state index in [0.29, 0.717) is 13.0 Å². The molecular weight excluding hydrogens is 132 g/mol. The van der Waals surface area contributed by atoms with Gasteiger partial charge in [0.15, 0.2) is 0 Å². The van der Waals surface area contributed by atoms with E-state index < -0.39 is 0 Å². The molecule has 0 spiro atoms. The van der Waals surface area contributed by atoms with Crippen LogP contribution in [-0.4, -0.2) is 24.4 Å². The molecule has 0 saturated carbocycles. The Morgan fingerprint density at radius 3 is 2.90 bits per heavy atom. The van der Waals surface area contributed by atoms with E-state index in [4.69, 9.17) is 0 Å². The summed E-state index contributed by atoms with van der Waals surface area (Å²) in [6.45, 7) is 2.08. The molecule has 1 saturated heterocycles. The van der Waals surface area contributed by atoms with E-state index in [1.807, 2.05) is 0 Å². The number of rotatable bonds is 1. The summed E-state index contributed by atoms with van der Waals surface area (Å²) in [5.74, 6) is -0.225. The molecule has 1 aliphatic rings. The molecule has 2 N–H and O–H groups in total. The third-order valence-corrected chi connectivity index (χ3v) is 1.43. The van der Waals surface area contributed by atoms with Crippen LogP contribution in [0.5, 0.6) is 0 Å². The van der Waals surface area contributed by atoms with Crippen LogP contribution < -0.4 is 10.6 Å². The van der Waals surface area contributed by atoms with Gasteiger partial charge in [0.2, 0.25) is 11.8 Å². The Balaban J connectivity index is 2.40. The first-order valence-corrected chi connectivity index (χ1v) is 3.25. The molecule has 10 heavy (non-hydrogen) atoms. The molecule has 0 aromatic carbocycles. The summed E-state index contributed by atoms with van der Waals surface area (Å²) in [4.78, 5) is 21.2. The van der Waals surface area contributed by atoms with E-state index in [9.17, 15) is 9.59 Å². The Kier molecular flexibility index (Phi) is 1.89. The van der Waals surface area contributed by atoms with Crippen molar-refractivity contribution < 1.29 is 9.59 Å². The molecule has 56 valence electrons. The zero-order valence-electron chi connectivity index (χ0n) is 5.81. The van der Waals surface area contributed by atoms with Crippen LogP contribution in [0.25, 0.3) is 0 Å². The summed E-state index contributed by atoms with van der Waals surface area (Å²) < 4.78 is 0. The van der Waals surface area contributed by atoms with Crippen molar-refractivity contribution in [2.24, 2.45) is 0 Å². The van der Waals surface area contributed by atoms with Gasteiger partial charge < -0.3 is 10.6 Å². The predicted octanol–water partition coefficient (Wildman–Crippen LogP) is -0.989. The number of hydrogen-bond donors (Lipinski definition) is 2. The van der Waals surface area contributed by atoms with Crippen LogP contribution in [0.15, 0.2) is 0 Å². The summed E-state index contributed by atoms with van der Waals surface area (Å²) in [6.07, 6.45) is 0.707. The fourth-order valence-electron chi connectivity index (χ4n) is 0.977. The fourth-order valence-corrected chi connectivity index (χ4v) is 0.977. The average molecular weight is 142 g/mol. The van der Waals surface area contributed by atoms with Crippen molar-refractivity contribution in [2.45, 2.75) is 19.4 Å². The van der Waals surface area contributed by atoms with Crippen molar-refractivity contribution >= 4 is 11.8 Å². The summed E-state index contributed by atoms with van der Waals surface area (Å²) in [5.41, 5.74) is 0. The summed E-state index contributed by atoms with van der Waals surface area (Å²) >= 11 is 0.